The summed E-state index contributed by atoms with van der Waals surface area (Å²) in [5.41, 5.74) is 2.94. The van der Waals surface area contributed by atoms with Crippen molar-refractivity contribution in [1.29, 1.82) is 0 Å². The number of hydrogen-bond acceptors (Lipinski definition) is 3. The molecule has 0 saturated heterocycles. The van der Waals surface area contributed by atoms with E-state index < -0.39 is 10.0 Å². The van der Waals surface area contributed by atoms with Gasteiger partial charge in [-0.2, -0.15) is 0 Å². The molecule has 122 valence electrons. The van der Waals surface area contributed by atoms with Gasteiger partial charge in [0.1, 0.15) is 0 Å². The number of sulfonamides is 1. The van der Waals surface area contributed by atoms with Crippen LogP contribution in [0.3, 0.4) is 0 Å². The minimum absolute atomic E-state index is 0.0124. The molecule has 1 heterocycles. The summed E-state index contributed by atoms with van der Waals surface area (Å²) in [7, 11) is -1.73. The smallest absolute Gasteiger partial charge is 0.238 e. The second-order valence-electron chi connectivity index (χ2n) is 5.82. The zero-order chi connectivity index (χ0) is 16.8. The van der Waals surface area contributed by atoms with Crippen LogP contribution in [-0.4, -0.2) is 26.9 Å². The van der Waals surface area contributed by atoms with Crippen LogP contribution in [0.4, 0.5) is 0 Å². The third kappa shape index (κ3) is 3.39. The van der Waals surface area contributed by atoms with Gasteiger partial charge in [-0.25, -0.2) is 13.6 Å². The molecular weight excluding hydrogens is 355 g/mol. The quantitative estimate of drug-likeness (QED) is 0.882. The lowest BCUT2D eigenvalue weighted by molar-refractivity contribution is 0.295. The fraction of sp³-hybridized carbons (Fsp3) is 0.250. The number of nitrogens with two attached hydrogens (primary N) is 1. The van der Waals surface area contributed by atoms with E-state index in [1.807, 2.05) is 19.2 Å². The molecule has 0 amide bonds. The average Bonchev–Trinajstić information content (AvgIpc) is 2.47. The number of likely N-dealkylation sites (N-methyl/N-ethyl adjacent to an activating group) is 1. The van der Waals surface area contributed by atoms with Crippen molar-refractivity contribution in [2.24, 2.45) is 5.14 Å². The van der Waals surface area contributed by atoms with Crippen molar-refractivity contribution in [3.8, 4) is 0 Å². The van der Waals surface area contributed by atoms with Crippen LogP contribution in [-0.2, 0) is 16.6 Å². The van der Waals surface area contributed by atoms with Gasteiger partial charge in [0.25, 0.3) is 0 Å². The van der Waals surface area contributed by atoms with E-state index in [2.05, 4.69) is 4.90 Å². The molecule has 0 unspecified atom stereocenters. The highest BCUT2D eigenvalue weighted by molar-refractivity contribution is 7.89. The number of halogens is 2. The molecule has 1 aliphatic heterocycles. The van der Waals surface area contributed by atoms with Crippen LogP contribution in [0, 0.1) is 0 Å². The summed E-state index contributed by atoms with van der Waals surface area (Å²) in [6.07, 6.45) is 0. The van der Waals surface area contributed by atoms with Gasteiger partial charge in [-0.05, 0) is 48.0 Å². The molecule has 2 aromatic carbocycles. The molecule has 0 aromatic heterocycles. The highest BCUT2D eigenvalue weighted by atomic mass is 35.5. The Kier molecular flexibility index (Phi) is 4.42. The minimum atomic E-state index is -3.74. The van der Waals surface area contributed by atoms with E-state index in [-0.39, 0.29) is 10.8 Å². The summed E-state index contributed by atoms with van der Waals surface area (Å²) in [4.78, 5) is 2.26. The second kappa shape index (κ2) is 6.07. The molecule has 23 heavy (non-hydrogen) atoms. The highest BCUT2D eigenvalue weighted by Crippen LogP contribution is 2.38. The van der Waals surface area contributed by atoms with Crippen LogP contribution < -0.4 is 5.14 Å². The molecule has 2 N–H and O–H groups in total. The lowest BCUT2D eigenvalue weighted by Gasteiger charge is -2.33. The van der Waals surface area contributed by atoms with Gasteiger partial charge in [0.15, 0.2) is 0 Å². The molecule has 3 rings (SSSR count). The molecule has 0 bridgehead atoms. The second-order valence-corrected chi connectivity index (χ2v) is 8.23. The molecule has 1 atom stereocenters. The fourth-order valence-electron chi connectivity index (χ4n) is 3.04. The van der Waals surface area contributed by atoms with Gasteiger partial charge in [0, 0.05) is 29.1 Å². The van der Waals surface area contributed by atoms with Crippen LogP contribution in [0.1, 0.15) is 22.6 Å². The number of nitrogens with zero attached hydrogens (tertiary/aromatic N) is 1. The summed E-state index contributed by atoms with van der Waals surface area (Å²) in [5.74, 6) is -0.0124. The van der Waals surface area contributed by atoms with E-state index in [0.29, 0.717) is 10.0 Å². The molecule has 0 radical (unpaired) electrons. The molecule has 0 spiro atoms. The predicted molar refractivity (Wildman–Crippen MR) is 92.5 cm³/mol. The maximum atomic E-state index is 11.6. The largest absolute Gasteiger partial charge is 0.301 e. The predicted octanol–water partition coefficient (Wildman–Crippen LogP) is 3.22. The van der Waals surface area contributed by atoms with E-state index in [1.54, 1.807) is 18.2 Å². The first-order valence-electron chi connectivity index (χ1n) is 7.05. The maximum Gasteiger partial charge on any atom is 0.238 e. The van der Waals surface area contributed by atoms with E-state index in [0.717, 1.165) is 29.8 Å². The first-order valence-corrected chi connectivity index (χ1v) is 9.35. The highest BCUT2D eigenvalue weighted by Gasteiger charge is 2.27. The first-order chi connectivity index (χ1) is 10.8. The lowest BCUT2D eigenvalue weighted by Crippen LogP contribution is -2.31. The zero-order valence-electron chi connectivity index (χ0n) is 12.5. The Hall–Kier alpha value is -1.11. The monoisotopic (exact) mass is 370 g/mol. The summed E-state index contributed by atoms with van der Waals surface area (Å²) in [6, 6.07) is 10.4. The molecule has 4 nitrogen and oxygen atoms in total. The Bertz CT molecular complexity index is 868. The van der Waals surface area contributed by atoms with Gasteiger partial charge in [-0.15, -0.1) is 0 Å². The topological polar surface area (TPSA) is 63.4 Å². The van der Waals surface area contributed by atoms with Crippen LogP contribution in [0.2, 0.25) is 10.0 Å². The average molecular weight is 371 g/mol. The SMILES string of the molecule is CN1Cc2c(Cl)cc(Cl)cc2[C@H](c2cccc(S(N)(=O)=O)c2)C1. The molecule has 7 heteroatoms. The third-order valence-electron chi connectivity index (χ3n) is 4.08. The summed E-state index contributed by atoms with van der Waals surface area (Å²) in [6.45, 7) is 1.48. The summed E-state index contributed by atoms with van der Waals surface area (Å²) < 4.78 is 23.2. The Labute approximate surface area is 145 Å². The number of rotatable bonds is 2. The number of benzene rings is 2. The molecule has 1 aliphatic rings. The maximum absolute atomic E-state index is 11.6. The van der Waals surface area contributed by atoms with Crippen LogP contribution in [0.15, 0.2) is 41.3 Å². The molecule has 0 aliphatic carbocycles. The summed E-state index contributed by atoms with van der Waals surface area (Å²) >= 11 is 12.5. The van der Waals surface area contributed by atoms with E-state index in [9.17, 15) is 8.42 Å². The van der Waals surface area contributed by atoms with Crippen molar-refractivity contribution >= 4 is 33.2 Å². The van der Waals surface area contributed by atoms with Crippen LogP contribution in [0.25, 0.3) is 0 Å². The van der Waals surface area contributed by atoms with Crippen LogP contribution in [0.5, 0.6) is 0 Å². The Morgan fingerprint density at radius 1 is 1.22 bits per heavy atom. The zero-order valence-corrected chi connectivity index (χ0v) is 14.8. The van der Waals surface area contributed by atoms with Gasteiger partial charge in [-0.3, -0.25) is 0 Å². The Morgan fingerprint density at radius 3 is 2.65 bits per heavy atom. The standard InChI is InChI=1S/C16H16Cl2N2O2S/c1-20-8-14(10-3-2-4-12(5-10)23(19,21)22)13-6-11(17)7-16(18)15(13)9-20/h2-7,14H,8-9H2,1H3,(H2,19,21,22)/t14-/m0/s1. The third-order valence-corrected chi connectivity index (χ3v) is 5.55. The van der Waals surface area contributed by atoms with Crippen LogP contribution >= 0.6 is 23.2 Å². The van der Waals surface area contributed by atoms with Crippen molar-refractivity contribution in [1.82, 2.24) is 4.90 Å². The van der Waals surface area contributed by atoms with Gasteiger partial charge in [0.05, 0.1) is 4.90 Å². The lowest BCUT2D eigenvalue weighted by atomic mass is 9.85. The number of primary sulfonamides is 1. The fourth-order valence-corrected chi connectivity index (χ4v) is 4.18. The van der Waals surface area contributed by atoms with E-state index in [1.165, 1.54) is 6.07 Å². The van der Waals surface area contributed by atoms with Crippen molar-refractivity contribution in [3.63, 3.8) is 0 Å². The number of fused-ring (bicyclic) bond motifs is 1. The van der Waals surface area contributed by atoms with Crippen molar-refractivity contribution in [2.45, 2.75) is 17.4 Å². The molecule has 0 saturated carbocycles. The summed E-state index contributed by atoms with van der Waals surface area (Å²) in [5, 5.41) is 6.45. The Balaban J connectivity index is 2.15. The molecule has 2 aromatic rings. The van der Waals surface area contributed by atoms with E-state index >= 15 is 0 Å². The normalized spacial score (nSPS) is 18.7. The van der Waals surface area contributed by atoms with Crippen molar-refractivity contribution in [2.75, 3.05) is 13.6 Å². The van der Waals surface area contributed by atoms with Gasteiger partial charge in [-0.1, -0.05) is 35.3 Å². The Morgan fingerprint density at radius 2 is 1.96 bits per heavy atom. The van der Waals surface area contributed by atoms with Crippen molar-refractivity contribution in [3.05, 3.63) is 63.1 Å². The van der Waals surface area contributed by atoms with E-state index in [4.69, 9.17) is 28.3 Å². The number of hydrogen-bond donors (Lipinski definition) is 1. The first kappa shape index (κ1) is 16.7. The van der Waals surface area contributed by atoms with Gasteiger partial charge < -0.3 is 4.90 Å². The van der Waals surface area contributed by atoms with Crippen molar-refractivity contribution < 1.29 is 8.42 Å². The van der Waals surface area contributed by atoms with Gasteiger partial charge >= 0.3 is 0 Å². The van der Waals surface area contributed by atoms with Gasteiger partial charge in [0.2, 0.25) is 10.0 Å². The molecular formula is C16H16Cl2N2O2S. The molecule has 0 fully saturated rings. The minimum Gasteiger partial charge on any atom is -0.301 e.